The minimum absolute atomic E-state index is 0.0327. The Kier molecular flexibility index (Phi) is 7.85. The highest BCUT2D eigenvalue weighted by atomic mass is 16.5. The lowest BCUT2D eigenvalue weighted by atomic mass is 9.85. The molecule has 4 rings (SSSR count). The molecule has 0 spiro atoms. The van der Waals surface area contributed by atoms with Crippen LogP contribution in [0.5, 0.6) is 5.75 Å². The third-order valence-corrected chi connectivity index (χ3v) is 6.68. The van der Waals surface area contributed by atoms with Crippen LogP contribution in [0.25, 0.3) is 0 Å². The maximum absolute atomic E-state index is 13.7. The number of hydrogen-bond donors (Lipinski definition) is 3. The van der Waals surface area contributed by atoms with Gasteiger partial charge in [-0.15, -0.1) is 0 Å². The van der Waals surface area contributed by atoms with Crippen molar-refractivity contribution < 1.29 is 24.5 Å². The minimum Gasteiger partial charge on any atom is -0.494 e. The van der Waals surface area contributed by atoms with Crippen LogP contribution >= 0.6 is 0 Å². The third-order valence-electron chi connectivity index (χ3n) is 6.68. The summed E-state index contributed by atoms with van der Waals surface area (Å²) in [5.41, 5.74) is 0.720. The summed E-state index contributed by atoms with van der Waals surface area (Å²) in [6, 6.07) is 17.4. The Bertz CT molecular complexity index is 970. The number of carbonyl (C=O) groups excluding carboxylic acids is 1. The van der Waals surface area contributed by atoms with E-state index < -0.39 is 11.6 Å². The van der Waals surface area contributed by atoms with Crippen LogP contribution in [-0.4, -0.2) is 59.0 Å². The van der Waals surface area contributed by atoms with Crippen LogP contribution in [0.15, 0.2) is 59.6 Å². The van der Waals surface area contributed by atoms with Gasteiger partial charge in [-0.05, 0) is 62.4 Å². The van der Waals surface area contributed by atoms with Crippen molar-refractivity contribution in [1.29, 1.82) is 0 Å². The molecule has 7 nitrogen and oxygen atoms in total. The summed E-state index contributed by atoms with van der Waals surface area (Å²) < 4.78 is 11.8. The van der Waals surface area contributed by atoms with E-state index in [1.165, 1.54) is 0 Å². The van der Waals surface area contributed by atoms with Crippen molar-refractivity contribution >= 4 is 11.8 Å². The standard InChI is InChI=1S/C27H34N2O5/c1-19-27(18-20-6-3-2-4-7-20,26(32)28-22-10-12-23(31)13-11-22)29-25(34-19)21-8-14-24(15-9-21)33-17-5-16-30/h2-4,6-9,14-15,19,22-23,30-31H,5,10-13,16-18H2,1H3,(H,28,32)/t19-,22?,23?,27-/m1/s1. The van der Waals surface area contributed by atoms with E-state index in [-0.39, 0.29) is 24.7 Å². The van der Waals surface area contributed by atoms with Gasteiger partial charge in [-0.25, -0.2) is 4.99 Å². The first kappa shape index (κ1) is 24.2. The fraction of sp³-hybridized carbons (Fsp3) is 0.481. The molecule has 0 unspecified atom stereocenters. The molecule has 3 N–H and O–H groups in total. The first-order chi connectivity index (χ1) is 16.5. The van der Waals surface area contributed by atoms with E-state index in [0.29, 0.717) is 43.9 Å². The molecule has 0 bridgehead atoms. The summed E-state index contributed by atoms with van der Waals surface area (Å²) in [6.07, 6.45) is 3.20. The van der Waals surface area contributed by atoms with E-state index in [1.807, 2.05) is 61.5 Å². The average Bonchev–Trinajstić information content (AvgIpc) is 3.19. The summed E-state index contributed by atoms with van der Waals surface area (Å²) in [5.74, 6) is 1.01. The van der Waals surface area contributed by atoms with E-state index in [4.69, 9.17) is 19.6 Å². The molecular weight excluding hydrogens is 432 g/mol. The molecule has 1 saturated carbocycles. The largest absolute Gasteiger partial charge is 0.494 e. The monoisotopic (exact) mass is 466 g/mol. The quantitative estimate of drug-likeness (QED) is 0.494. The van der Waals surface area contributed by atoms with Crippen LogP contribution in [0, 0.1) is 0 Å². The lowest BCUT2D eigenvalue weighted by Gasteiger charge is -2.32. The predicted molar refractivity (Wildman–Crippen MR) is 130 cm³/mol. The van der Waals surface area contributed by atoms with Crippen LogP contribution in [0.1, 0.15) is 50.2 Å². The highest BCUT2D eigenvalue weighted by molar-refractivity contribution is 6.01. The maximum atomic E-state index is 13.7. The van der Waals surface area contributed by atoms with Gasteiger partial charge in [-0.1, -0.05) is 30.3 Å². The maximum Gasteiger partial charge on any atom is 0.252 e. The lowest BCUT2D eigenvalue weighted by molar-refractivity contribution is -0.129. The van der Waals surface area contributed by atoms with Gasteiger partial charge in [0.1, 0.15) is 11.9 Å². The highest BCUT2D eigenvalue weighted by Gasteiger charge is 2.50. The van der Waals surface area contributed by atoms with Gasteiger partial charge in [0, 0.05) is 31.1 Å². The number of nitrogens with zero attached hydrogens (tertiary/aromatic N) is 1. The van der Waals surface area contributed by atoms with E-state index >= 15 is 0 Å². The van der Waals surface area contributed by atoms with Crippen LogP contribution in [0.3, 0.4) is 0 Å². The number of aliphatic imine (C=N–C) groups is 1. The molecule has 2 aromatic carbocycles. The molecule has 2 aromatic rings. The Morgan fingerprint density at radius 1 is 1.12 bits per heavy atom. The van der Waals surface area contributed by atoms with Gasteiger partial charge in [0.05, 0.1) is 12.7 Å². The SMILES string of the molecule is C[C@H]1OC(c2ccc(OCCCO)cc2)=N[C@@]1(Cc1ccccc1)C(=O)NC1CCC(O)CC1. The Hall–Kier alpha value is -2.90. The van der Waals surface area contributed by atoms with Crippen LogP contribution in [0.4, 0.5) is 0 Å². The molecule has 2 aliphatic rings. The van der Waals surface area contributed by atoms with Gasteiger partial charge >= 0.3 is 0 Å². The summed E-state index contributed by atoms with van der Waals surface area (Å²) in [4.78, 5) is 18.6. The van der Waals surface area contributed by atoms with Crippen LogP contribution in [0.2, 0.25) is 0 Å². The summed E-state index contributed by atoms with van der Waals surface area (Å²) in [5, 5.41) is 21.9. The summed E-state index contributed by atoms with van der Waals surface area (Å²) in [6.45, 7) is 2.44. The van der Waals surface area contributed by atoms with Crippen LogP contribution in [-0.2, 0) is 16.0 Å². The zero-order valence-electron chi connectivity index (χ0n) is 19.7. The highest BCUT2D eigenvalue weighted by Crippen LogP contribution is 2.33. The zero-order valence-corrected chi connectivity index (χ0v) is 19.7. The number of ether oxygens (including phenoxy) is 2. The molecule has 2 atom stereocenters. The van der Waals surface area contributed by atoms with E-state index in [1.54, 1.807) is 0 Å². The Balaban J connectivity index is 1.57. The predicted octanol–water partition coefficient (Wildman–Crippen LogP) is 3.01. The number of hydrogen-bond acceptors (Lipinski definition) is 6. The second-order valence-corrected chi connectivity index (χ2v) is 9.19. The molecule has 7 heteroatoms. The average molecular weight is 467 g/mol. The second kappa shape index (κ2) is 11.0. The molecule has 1 aliphatic heterocycles. The van der Waals surface area contributed by atoms with E-state index in [0.717, 1.165) is 24.0 Å². The van der Waals surface area contributed by atoms with Crippen molar-refractivity contribution in [1.82, 2.24) is 5.32 Å². The molecule has 34 heavy (non-hydrogen) atoms. The van der Waals surface area contributed by atoms with Crippen molar-refractivity contribution in [3.63, 3.8) is 0 Å². The first-order valence-corrected chi connectivity index (χ1v) is 12.1. The van der Waals surface area contributed by atoms with Gasteiger partial charge in [0.2, 0.25) is 5.90 Å². The van der Waals surface area contributed by atoms with Gasteiger partial charge < -0.3 is 25.0 Å². The molecule has 0 saturated heterocycles. The third kappa shape index (κ3) is 5.59. The molecule has 1 heterocycles. The molecule has 1 aliphatic carbocycles. The Morgan fingerprint density at radius 2 is 1.82 bits per heavy atom. The molecule has 182 valence electrons. The van der Waals surface area contributed by atoms with E-state index in [9.17, 15) is 9.90 Å². The van der Waals surface area contributed by atoms with Gasteiger partial charge in [0.25, 0.3) is 5.91 Å². The van der Waals surface area contributed by atoms with Crippen molar-refractivity contribution in [3.05, 3.63) is 65.7 Å². The number of nitrogens with one attached hydrogen (secondary N) is 1. The smallest absolute Gasteiger partial charge is 0.252 e. The van der Waals surface area contributed by atoms with Crippen LogP contribution < -0.4 is 10.1 Å². The van der Waals surface area contributed by atoms with Gasteiger partial charge in [0.15, 0.2) is 5.54 Å². The van der Waals surface area contributed by atoms with E-state index in [2.05, 4.69) is 5.32 Å². The summed E-state index contributed by atoms with van der Waals surface area (Å²) >= 11 is 0. The van der Waals surface area contributed by atoms with Crippen molar-refractivity contribution in [2.75, 3.05) is 13.2 Å². The van der Waals surface area contributed by atoms with Crippen molar-refractivity contribution in [2.24, 2.45) is 4.99 Å². The number of aliphatic hydroxyl groups excluding tert-OH is 2. The number of amides is 1. The van der Waals surface area contributed by atoms with Crippen molar-refractivity contribution in [3.8, 4) is 5.75 Å². The molecule has 1 amide bonds. The normalized spacial score (nSPS) is 26.4. The molecule has 1 fully saturated rings. The van der Waals surface area contributed by atoms with Gasteiger partial charge in [-0.3, -0.25) is 4.79 Å². The molecule has 0 aromatic heterocycles. The van der Waals surface area contributed by atoms with Crippen molar-refractivity contribution in [2.45, 2.75) is 69.2 Å². The Morgan fingerprint density at radius 3 is 2.50 bits per heavy atom. The fourth-order valence-electron chi connectivity index (χ4n) is 4.58. The second-order valence-electron chi connectivity index (χ2n) is 9.19. The lowest BCUT2D eigenvalue weighted by Crippen LogP contribution is -2.55. The summed E-state index contributed by atoms with van der Waals surface area (Å²) in [7, 11) is 0. The molecular formula is C27H34N2O5. The first-order valence-electron chi connectivity index (χ1n) is 12.1. The van der Waals surface area contributed by atoms with Gasteiger partial charge in [-0.2, -0.15) is 0 Å². The number of aliphatic hydroxyl groups is 2. The zero-order chi connectivity index (χ0) is 24.0. The topological polar surface area (TPSA) is 100 Å². The number of carbonyl (C=O) groups is 1. The number of benzene rings is 2. The number of rotatable bonds is 9. The minimum atomic E-state index is -1.08. The fourth-order valence-corrected chi connectivity index (χ4v) is 4.58. The molecule has 0 radical (unpaired) electrons. The Labute approximate surface area is 200 Å².